The molecular formula is C21H20N2O2. The Morgan fingerprint density at radius 1 is 1.00 bits per heavy atom. The van der Waals surface area contributed by atoms with Crippen LogP contribution in [0, 0.1) is 0 Å². The van der Waals surface area contributed by atoms with Crippen LogP contribution in [-0.2, 0) is 0 Å². The monoisotopic (exact) mass is 332 g/mol. The van der Waals surface area contributed by atoms with Gasteiger partial charge in [0.25, 0.3) is 5.91 Å². The van der Waals surface area contributed by atoms with E-state index in [1.54, 1.807) is 18.3 Å². The van der Waals surface area contributed by atoms with Crippen LogP contribution in [0.2, 0.25) is 0 Å². The number of amides is 1. The maximum absolute atomic E-state index is 12.5. The average Bonchev–Trinajstić information content (AvgIpc) is 3.16. The zero-order valence-electron chi connectivity index (χ0n) is 13.9. The van der Waals surface area contributed by atoms with Gasteiger partial charge in [-0.25, -0.2) is 0 Å². The highest BCUT2D eigenvalue weighted by Crippen LogP contribution is 2.25. The zero-order chi connectivity index (χ0) is 17.1. The fourth-order valence-electron chi connectivity index (χ4n) is 3.28. The molecule has 0 unspecified atom stereocenters. The fraction of sp³-hybridized carbons (Fsp3) is 0.238. The zero-order valence-corrected chi connectivity index (χ0v) is 13.9. The van der Waals surface area contributed by atoms with Crippen LogP contribution in [0.5, 0.6) is 5.75 Å². The number of hydrogen-bond donors (Lipinski definition) is 1. The topological polar surface area (TPSA) is 51.2 Å². The van der Waals surface area contributed by atoms with Crippen LogP contribution in [0.4, 0.5) is 5.69 Å². The van der Waals surface area contributed by atoms with E-state index in [1.165, 1.54) is 12.8 Å². The number of carbonyl (C=O) groups is 1. The Balaban J connectivity index is 1.48. The normalized spacial score (nSPS) is 14.6. The van der Waals surface area contributed by atoms with E-state index in [-0.39, 0.29) is 5.91 Å². The van der Waals surface area contributed by atoms with E-state index in [0.717, 1.165) is 35.2 Å². The van der Waals surface area contributed by atoms with Crippen LogP contribution in [0.3, 0.4) is 0 Å². The SMILES string of the molecule is O=C(Nc1cccc2cccnc12)c1ccc(OC2CCCC2)cc1. The number of anilines is 1. The Hall–Kier alpha value is -2.88. The number of nitrogens with zero attached hydrogens (tertiary/aromatic N) is 1. The molecule has 25 heavy (non-hydrogen) atoms. The second kappa shape index (κ2) is 6.93. The first kappa shape index (κ1) is 15.6. The Labute approximate surface area is 146 Å². The molecule has 1 heterocycles. The second-order valence-corrected chi connectivity index (χ2v) is 6.38. The summed E-state index contributed by atoms with van der Waals surface area (Å²) in [5.41, 5.74) is 2.11. The van der Waals surface area contributed by atoms with E-state index < -0.39 is 0 Å². The molecule has 0 spiro atoms. The molecule has 1 amide bonds. The van der Waals surface area contributed by atoms with Gasteiger partial charge in [-0.15, -0.1) is 0 Å². The van der Waals surface area contributed by atoms with Gasteiger partial charge in [-0.1, -0.05) is 18.2 Å². The van der Waals surface area contributed by atoms with Gasteiger partial charge in [0.05, 0.1) is 17.3 Å². The van der Waals surface area contributed by atoms with Crippen LogP contribution in [0.15, 0.2) is 60.8 Å². The van der Waals surface area contributed by atoms with Crippen molar-refractivity contribution in [3.05, 3.63) is 66.4 Å². The maximum Gasteiger partial charge on any atom is 0.255 e. The van der Waals surface area contributed by atoms with Crippen molar-refractivity contribution in [2.45, 2.75) is 31.8 Å². The molecule has 1 fully saturated rings. The molecule has 1 aliphatic rings. The number of hydrogen-bond acceptors (Lipinski definition) is 3. The first-order valence-corrected chi connectivity index (χ1v) is 8.71. The first-order chi connectivity index (χ1) is 12.3. The highest BCUT2D eigenvalue weighted by atomic mass is 16.5. The molecule has 4 nitrogen and oxygen atoms in total. The van der Waals surface area contributed by atoms with E-state index in [0.29, 0.717) is 11.7 Å². The lowest BCUT2D eigenvalue weighted by atomic mass is 10.1. The molecule has 0 radical (unpaired) electrons. The van der Waals surface area contributed by atoms with E-state index in [9.17, 15) is 4.79 Å². The third-order valence-corrected chi connectivity index (χ3v) is 4.60. The Morgan fingerprint density at radius 2 is 1.76 bits per heavy atom. The number of aromatic nitrogens is 1. The maximum atomic E-state index is 12.5. The number of ether oxygens (including phenoxy) is 1. The van der Waals surface area contributed by atoms with Crippen LogP contribution in [-0.4, -0.2) is 17.0 Å². The van der Waals surface area contributed by atoms with Crippen molar-refractivity contribution in [3.8, 4) is 5.75 Å². The predicted octanol–water partition coefficient (Wildman–Crippen LogP) is 4.81. The third-order valence-electron chi connectivity index (χ3n) is 4.60. The van der Waals surface area contributed by atoms with Gasteiger partial charge in [0.15, 0.2) is 0 Å². The van der Waals surface area contributed by atoms with Gasteiger partial charge in [0, 0.05) is 17.1 Å². The van der Waals surface area contributed by atoms with E-state index >= 15 is 0 Å². The summed E-state index contributed by atoms with van der Waals surface area (Å²) < 4.78 is 5.94. The number of benzene rings is 2. The van der Waals surface area contributed by atoms with Crippen LogP contribution >= 0.6 is 0 Å². The van der Waals surface area contributed by atoms with Gasteiger partial charge in [0.1, 0.15) is 5.75 Å². The van der Waals surface area contributed by atoms with Gasteiger partial charge in [-0.2, -0.15) is 0 Å². The summed E-state index contributed by atoms with van der Waals surface area (Å²) in [5.74, 6) is 0.681. The van der Waals surface area contributed by atoms with Gasteiger partial charge in [0.2, 0.25) is 0 Å². The van der Waals surface area contributed by atoms with Crippen LogP contribution in [0.25, 0.3) is 10.9 Å². The minimum atomic E-state index is -0.148. The molecule has 0 aliphatic heterocycles. The molecular weight excluding hydrogens is 312 g/mol. The van der Waals surface area contributed by atoms with Crippen molar-refractivity contribution in [2.24, 2.45) is 0 Å². The molecule has 4 rings (SSSR count). The molecule has 0 bridgehead atoms. The molecule has 1 aromatic heterocycles. The molecule has 4 heteroatoms. The lowest BCUT2D eigenvalue weighted by Gasteiger charge is -2.13. The van der Waals surface area contributed by atoms with Crippen molar-refractivity contribution in [1.82, 2.24) is 4.98 Å². The Kier molecular flexibility index (Phi) is 4.34. The summed E-state index contributed by atoms with van der Waals surface area (Å²) in [5, 5.41) is 3.95. The van der Waals surface area contributed by atoms with E-state index in [4.69, 9.17) is 4.74 Å². The summed E-state index contributed by atoms with van der Waals surface area (Å²) in [4.78, 5) is 16.9. The molecule has 126 valence electrons. The Bertz CT molecular complexity index is 879. The highest BCUT2D eigenvalue weighted by Gasteiger charge is 2.16. The molecule has 1 aliphatic carbocycles. The number of rotatable bonds is 4. The van der Waals surface area contributed by atoms with Gasteiger partial charge >= 0.3 is 0 Å². The van der Waals surface area contributed by atoms with Crippen molar-refractivity contribution in [2.75, 3.05) is 5.32 Å². The second-order valence-electron chi connectivity index (χ2n) is 6.38. The summed E-state index contributed by atoms with van der Waals surface area (Å²) in [7, 11) is 0. The molecule has 1 N–H and O–H groups in total. The van der Waals surface area contributed by atoms with Crippen LogP contribution in [0.1, 0.15) is 36.0 Å². The number of fused-ring (bicyclic) bond motifs is 1. The summed E-state index contributed by atoms with van der Waals surface area (Å²) >= 11 is 0. The molecule has 3 aromatic rings. The van der Waals surface area contributed by atoms with Crippen molar-refractivity contribution < 1.29 is 9.53 Å². The predicted molar refractivity (Wildman–Crippen MR) is 99.0 cm³/mol. The molecule has 2 aromatic carbocycles. The largest absolute Gasteiger partial charge is 0.490 e. The number of para-hydroxylation sites is 1. The van der Waals surface area contributed by atoms with Crippen molar-refractivity contribution >= 4 is 22.5 Å². The highest BCUT2D eigenvalue weighted by molar-refractivity contribution is 6.08. The molecule has 0 saturated heterocycles. The van der Waals surface area contributed by atoms with Crippen molar-refractivity contribution in [1.29, 1.82) is 0 Å². The summed E-state index contributed by atoms with van der Waals surface area (Å²) in [6, 6.07) is 17.0. The molecule has 0 atom stereocenters. The lowest BCUT2D eigenvalue weighted by molar-refractivity contribution is 0.102. The smallest absolute Gasteiger partial charge is 0.255 e. The average molecular weight is 332 g/mol. The third kappa shape index (κ3) is 3.48. The summed E-state index contributed by atoms with van der Waals surface area (Å²) in [6.45, 7) is 0. The van der Waals surface area contributed by atoms with E-state index in [1.807, 2.05) is 42.5 Å². The van der Waals surface area contributed by atoms with Crippen molar-refractivity contribution in [3.63, 3.8) is 0 Å². The minimum absolute atomic E-state index is 0.148. The fourth-order valence-corrected chi connectivity index (χ4v) is 3.28. The summed E-state index contributed by atoms with van der Waals surface area (Å²) in [6.07, 6.45) is 6.77. The number of pyridine rings is 1. The van der Waals surface area contributed by atoms with E-state index in [2.05, 4.69) is 10.3 Å². The standard InChI is InChI=1S/C21H20N2O2/c24-21(23-19-9-3-5-15-6-4-14-22-20(15)19)16-10-12-18(13-11-16)25-17-7-1-2-8-17/h3-6,9-14,17H,1-2,7-8H2,(H,23,24). The Morgan fingerprint density at radius 3 is 2.56 bits per heavy atom. The van der Waals surface area contributed by atoms with Gasteiger partial charge in [-0.3, -0.25) is 9.78 Å². The minimum Gasteiger partial charge on any atom is -0.490 e. The number of carbonyl (C=O) groups excluding carboxylic acids is 1. The number of nitrogens with one attached hydrogen (secondary N) is 1. The van der Waals surface area contributed by atoms with Gasteiger partial charge in [-0.05, 0) is 62.1 Å². The first-order valence-electron chi connectivity index (χ1n) is 8.71. The quantitative estimate of drug-likeness (QED) is 0.746. The lowest BCUT2D eigenvalue weighted by Crippen LogP contribution is -2.13. The molecule has 1 saturated carbocycles. The van der Waals surface area contributed by atoms with Crippen LogP contribution < -0.4 is 10.1 Å². The van der Waals surface area contributed by atoms with Gasteiger partial charge < -0.3 is 10.1 Å².